The quantitative estimate of drug-likeness (QED) is 0.852. The second kappa shape index (κ2) is 6.71. The van der Waals surface area contributed by atoms with Gasteiger partial charge in [0.1, 0.15) is 0 Å². The van der Waals surface area contributed by atoms with Crippen LogP contribution in [0.4, 0.5) is 0 Å². The van der Waals surface area contributed by atoms with Gasteiger partial charge in [-0.15, -0.1) is 0 Å². The molecule has 0 bridgehead atoms. The Morgan fingerprint density at radius 2 is 2.11 bits per heavy atom. The summed E-state index contributed by atoms with van der Waals surface area (Å²) in [5, 5.41) is 3.18. The minimum Gasteiger partial charge on any atom is -0.353 e. The first kappa shape index (κ1) is 14.1. The number of nitrogens with two attached hydrogens (primary N) is 1. The van der Waals surface area contributed by atoms with Crippen LogP contribution < -0.4 is 11.1 Å². The Morgan fingerprint density at radius 1 is 1.37 bits per heavy atom. The molecule has 0 spiro atoms. The van der Waals surface area contributed by atoms with E-state index in [0.717, 1.165) is 12.8 Å². The molecule has 0 saturated heterocycles. The summed E-state index contributed by atoms with van der Waals surface area (Å²) >= 11 is 0. The van der Waals surface area contributed by atoms with E-state index in [0.29, 0.717) is 18.5 Å². The lowest BCUT2D eigenvalue weighted by molar-refractivity contribution is -0.125. The molecule has 3 nitrogen and oxygen atoms in total. The molecule has 3 atom stereocenters. The summed E-state index contributed by atoms with van der Waals surface area (Å²) in [5.41, 5.74) is 6.94. The van der Waals surface area contributed by atoms with E-state index >= 15 is 0 Å². The predicted molar refractivity (Wildman–Crippen MR) is 77.6 cm³/mol. The summed E-state index contributed by atoms with van der Waals surface area (Å²) in [7, 11) is 0. The van der Waals surface area contributed by atoms with Gasteiger partial charge in [-0.3, -0.25) is 4.79 Å². The van der Waals surface area contributed by atoms with Gasteiger partial charge in [0.25, 0.3) is 0 Å². The number of carbonyl (C=O) groups excluding carboxylic acids is 1. The summed E-state index contributed by atoms with van der Waals surface area (Å²) < 4.78 is 0. The lowest BCUT2D eigenvalue weighted by Crippen LogP contribution is -2.43. The Kier molecular flexibility index (Phi) is 4.97. The third-order valence-corrected chi connectivity index (χ3v) is 4.17. The van der Waals surface area contributed by atoms with E-state index in [1.807, 2.05) is 30.3 Å². The lowest BCUT2D eigenvalue weighted by atomic mass is 9.97. The van der Waals surface area contributed by atoms with Gasteiger partial charge >= 0.3 is 0 Å². The highest BCUT2D eigenvalue weighted by molar-refractivity contribution is 5.79. The van der Waals surface area contributed by atoms with Gasteiger partial charge in [0, 0.05) is 12.6 Å². The zero-order valence-corrected chi connectivity index (χ0v) is 11.6. The Hall–Kier alpha value is -1.35. The van der Waals surface area contributed by atoms with Crippen LogP contribution in [-0.2, 0) is 11.2 Å². The first-order valence-electron chi connectivity index (χ1n) is 7.25. The van der Waals surface area contributed by atoms with Crippen LogP contribution in [0.25, 0.3) is 0 Å². The smallest absolute Gasteiger partial charge is 0.224 e. The van der Waals surface area contributed by atoms with Crippen molar-refractivity contribution in [3.8, 4) is 0 Å². The van der Waals surface area contributed by atoms with Gasteiger partial charge in [-0.25, -0.2) is 0 Å². The van der Waals surface area contributed by atoms with Gasteiger partial charge in [-0.05, 0) is 30.7 Å². The summed E-state index contributed by atoms with van der Waals surface area (Å²) in [5.74, 6) is 0.597. The van der Waals surface area contributed by atoms with Crippen LogP contribution in [0, 0.1) is 11.8 Å². The number of hydrogen-bond donors (Lipinski definition) is 2. The lowest BCUT2D eigenvalue weighted by Gasteiger charge is -2.21. The van der Waals surface area contributed by atoms with Crippen LogP contribution in [0.5, 0.6) is 0 Å². The average Bonchev–Trinajstić information content (AvgIpc) is 2.82. The molecule has 1 fully saturated rings. The third kappa shape index (κ3) is 3.80. The monoisotopic (exact) mass is 260 g/mol. The molecule has 1 aromatic carbocycles. The normalized spacial score (nSPS) is 24.1. The summed E-state index contributed by atoms with van der Waals surface area (Å²) in [4.78, 5) is 12.3. The zero-order valence-electron chi connectivity index (χ0n) is 11.6. The van der Waals surface area contributed by atoms with Crippen molar-refractivity contribution < 1.29 is 4.79 Å². The topological polar surface area (TPSA) is 55.1 Å². The minimum atomic E-state index is -0.116. The van der Waals surface area contributed by atoms with Gasteiger partial charge in [-0.2, -0.15) is 0 Å². The standard InChI is InChI=1S/C16H24N2O/c1-12-6-5-9-15(12)18-16(19)14(11-17)10-13-7-3-2-4-8-13/h2-4,7-8,12,14-15H,5-6,9-11,17H2,1H3,(H,18,19). The molecule has 1 amide bonds. The van der Waals surface area contributed by atoms with Crippen molar-refractivity contribution in [2.45, 2.75) is 38.6 Å². The second-order valence-electron chi connectivity index (χ2n) is 5.65. The molecule has 1 aliphatic carbocycles. The highest BCUT2D eigenvalue weighted by Gasteiger charge is 2.27. The maximum Gasteiger partial charge on any atom is 0.224 e. The van der Waals surface area contributed by atoms with E-state index in [1.165, 1.54) is 18.4 Å². The van der Waals surface area contributed by atoms with Gasteiger partial charge in [0.2, 0.25) is 5.91 Å². The van der Waals surface area contributed by atoms with Crippen molar-refractivity contribution >= 4 is 5.91 Å². The fraction of sp³-hybridized carbons (Fsp3) is 0.562. The van der Waals surface area contributed by atoms with Crippen LogP contribution >= 0.6 is 0 Å². The SMILES string of the molecule is CC1CCCC1NC(=O)C(CN)Cc1ccccc1. The summed E-state index contributed by atoms with van der Waals surface area (Å²) in [6, 6.07) is 10.4. The van der Waals surface area contributed by atoms with E-state index in [2.05, 4.69) is 12.2 Å². The number of hydrogen-bond acceptors (Lipinski definition) is 2. The molecule has 3 N–H and O–H groups in total. The fourth-order valence-corrected chi connectivity index (χ4v) is 2.84. The average molecular weight is 260 g/mol. The van der Waals surface area contributed by atoms with Crippen LogP contribution in [0.2, 0.25) is 0 Å². The van der Waals surface area contributed by atoms with E-state index in [-0.39, 0.29) is 11.8 Å². The zero-order chi connectivity index (χ0) is 13.7. The highest BCUT2D eigenvalue weighted by Crippen LogP contribution is 2.25. The predicted octanol–water partition coefficient (Wildman–Crippen LogP) is 2.11. The maximum absolute atomic E-state index is 12.3. The van der Waals surface area contributed by atoms with Gasteiger partial charge < -0.3 is 11.1 Å². The van der Waals surface area contributed by atoms with Gasteiger partial charge in [-0.1, -0.05) is 43.7 Å². The first-order chi connectivity index (χ1) is 9.20. The Morgan fingerprint density at radius 3 is 2.68 bits per heavy atom. The van der Waals surface area contributed by atoms with Crippen molar-refractivity contribution in [3.05, 3.63) is 35.9 Å². The highest BCUT2D eigenvalue weighted by atomic mass is 16.1. The van der Waals surface area contributed by atoms with Crippen molar-refractivity contribution in [2.24, 2.45) is 17.6 Å². The molecule has 2 rings (SSSR count). The molecule has 0 aliphatic heterocycles. The summed E-state index contributed by atoms with van der Waals surface area (Å²) in [6.45, 7) is 2.62. The molecule has 0 heterocycles. The van der Waals surface area contributed by atoms with Crippen molar-refractivity contribution in [1.29, 1.82) is 0 Å². The largest absolute Gasteiger partial charge is 0.353 e. The van der Waals surface area contributed by atoms with Crippen molar-refractivity contribution in [3.63, 3.8) is 0 Å². The minimum absolute atomic E-state index is 0.116. The molecule has 1 saturated carbocycles. The van der Waals surface area contributed by atoms with E-state index in [9.17, 15) is 4.79 Å². The third-order valence-electron chi connectivity index (χ3n) is 4.17. The number of nitrogens with one attached hydrogen (secondary N) is 1. The fourth-order valence-electron chi connectivity index (χ4n) is 2.84. The van der Waals surface area contributed by atoms with E-state index in [4.69, 9.17) is 5.73 Å². The van der Waals surface area contributed by atoms with Crippen LogP contribution in [0.15, 0.2) is 30.3 Å². The van der Waals surface area contributed by atoms with E-state index in [1.54, 1.807) is 0 Å². The van der Waals surface area contributed by atoms with Crippen molar-refractivity contribution in [1.82, 2.24) is 5.32 Å². The van der Waals surface area contributed by atoms with Crippen molar-refractivity contribution in [2.75, 3.05) is 6.54 Å². The summed E-state index contributed by atoms with van der Waals surface area (Å²) in [6.07, 6.45) is 4.27. The van der Waals surface area contributed by atoms with Gasteiger partial charge in [0.15, 0.2) is 0 Å². The molecule has 0 aromatic heterocycles. The Bertz CT molecular complexity index is 404. The number of amides is 1. The first-order valence-corrected chi connectivity index (χ1v) is 7.25. The molecular weight excluding hydrogens is 236 g/mol. The molecule has 0 radical (unpaired) electrons. The Labute approximate surface area is 115 Å². The molecule has 19 heavy (non-hydrogen) atoms. The van der Waals surface area contributed by atoms with Crippen LogP contribution in [0.1, 0.15) is 31.7 Å². The molecule has 3 heteroatoms. The molecular formula is C16H24N2O. The molecule has 1 aliphatic rings. The number of carbonyl (C=O) groups is 1. The molecule has 104 valence electrons. The molecule has 1 aromatic rings. The maximum atomic E-state index is 12.3. The number of benzene rings is 1. The Balaban J connectivity index is 1.91. The molecule has 3 unspecified atom stereocenters. The van der Waals surface area contributed by atoms with E-state index < -0.39 is 0 Å². The van der Waals surface area contributed by atoms with Crippen LogP contribution in [-0.4, -0.2) is 18.5 Å². The second-order valence-corrected chi connectivity index (χ2v) is 5.65. The van der Waals surface area contributed by atoms with Crippen LogP contribution in [0.3, 0.4) is 0 Å². The number of rotatable bonds is 5. The van der Waals surface area contributed by atoms with Gasteiger partial charge in [0.05, 0.1) is 5.92 Å².